The van der Waals surface area contributed by atoms with E-state index in [0.29, 0.717) is 0 Å². The highest BCUT2D eigenvalue weighted by Crippen LogP contribution is 2.43. The topological polar surface area (TPSA) is 37.3 Å². The van der Waals surface area contributed by atoms with Crippen LogP contribution in [-0.2, 0) is 4.79 Å². The lowest BCUT2D eigenvalue weighted by Gasteiger charge is -2.21. The summed E-state index contributed by atoms with van der Waals surface area (Å²) in [5.74, 6) is -26.6. The number of rotatable bonds is 4. The number of aliphatic carboxylic acids is 1. The van der Waals surface area contributed by atoms with Crippen LogP contribution in [0.5, 0.6) is 0 Å². The van der Waals surface area contributed by atoms with E-state index in [-0.39, 0.29) is 0 Å². The summed E-state index contributed by atoms with van der Waals surface area (Å²) in [7, 11) is 0. The molecule has 104 valence electrons. The largest absolute Gasteiger partial charge is 0.476 e. The Balaban J connectivity index is 5.81. The number of allylic oxidation sites excluding steroid dienone is 3. The molecule has 2 nitrogen and oxygen atoms in total. The number of halogens is 8. The Morgan fingerprint density at radius 3 is 1.56 bits per heavy atom. The molecule has 0 atom stereocenters. The molecular formula is C8H4F8O2. The predicted octanol–water partition coefficient (Wildman–Crippen LogP) is 3.66. The van der Waals surface area contributed by atoms with Crippen LogP contribution < -0.4 is 0 Å². The first-order valence-corrected chi connectivity index (χ1v) is 3.94. The van der Waals surface area contributed by atoms with Crippen LogP contribution in [0.25, 0.3) is 0 Å². The lowest BCUT2D eigenvalue weighted by Crippen LogP contribution is -2.38. The maximum atomic E-state index is 12.6. The van der Waals surface area contributed by atoms with Crippen molar-refractivity contribution >= 4 is 5.97 Å². The Morgan fingerprint density at radius 2 is 1.28 bits per heavy atom. The molecule has 0 unspecified atom stereocenters. The molecule has 0 heterocycles. The summed E-state index contributed by atoms with van der Waals surface area (Å²) < 4.78 is 99.3. The van der Waals surface area contributed by atoms with Gasteiger partial charge in [-0.1, -0.05) is 0 Å². The fourth-order valence-corrected chi connectivity index (χ4v) is 0.617. The highest BCUT2D eigenvalue weighted by Gasteiger charge is 2.58. The van der Waals surface area contributed by atoms with Crippen molar-refractivity contribution in [1.82, 2.24) is 0 Å². The number of hydrogen-bond acceptors (Lipinski definition) is 1. The van der Waals surface area contributed by atoms with Crippen LogP contribution in [0.4, 0.5) is 35.1 Å². The van der Waals surface area contributed by atoms with Crippen molar-refractivity contribution in [2.75, 3.05) is 0 Å². The Morgan fingerprint density at radius 1 is 0.889 bits per heavy atom. The number of carboxylic acids is 1. The number of carboxylic acid groups (broad SMARTS) is 1. The Bertz CT molecular complexity index is 417. The molecule has 0 amide bonds. The van der Waals surface area contributed by atoms with Crippen LogP contribution in [0.1, 0.15) is 6.92 Å². The molecule has 0 radical (unpaired) electrons. The maximum Gasteiger partial charge on any atom is 0.367 e. The summed E-state index contributed by atoms with van der Waals surface area (Å²) >= 11 is 0. The summed E-state index contributed by atoms with van der Waals surface area (Å²) in [5.41, 5.74) is 0. The van der Waals surface area contributed by atoms with Gasteiger partial charge >= 0.3 is 17.8 Å². The molecule has 1 N–H and O–H groups in total. The molecular weight excluding hydrogens is 280 g/mol. The van der Waals surface area contributed by atoms with Crippen molar-refractivity contribution < 1.29 is 45.0 Å². The minimum atomic E-state index is -5.76. The van der Waals surface area contributed by atoms with E-state index in [2.05, 4.69) is 0 Å². The molecule has 0 saturated carbocycles. The zero-order valence-electron chi connectivity index (χ0n) is 8.38. The van der Waals surface area contributed by atoms with E-state index in [1.165, 1.54) is 0 Å². The third kappa shape index (κ3) is 2.99. The quantitative estimate of drug-likeness (QED) is 0.486. The van der Waals surface area contributed by atoms with Gasteiger partial charge in [-0.2, -0.15) is 22.0 Å². The minimum absolute atomic E-state index is 0.491. The Kier molecular flexibility index (Phi) is 4.50. The summed E-state index contributed by atoms with van der Waals surface area (Å²) in [6, 6.07) is 0. The molecule has 0 aliphatic rings. The average Bonchev–Trinajstić information content (AvgIpc) is 2.23. The van der Waals surface area contributed by atoms with E-state index >= 15 is 0 Å². The molecule has 10 heteroatoms. The van der Waals surface area contributed by atoms with E-state index in [0.717, 1.165) is 0 Å². The van der Waals surface area contributed by atoms with Gasteiger partial charge in [-0.25, -0.2) is 18.0 Å². The second-order valence-corrected chi connectivity index (χ2v) is 3.02. The monoisotopic (exact) mass is 284 g/mol. The first-order chi connectivity index (χ1) is 7.84. The van der Waals surface area contributed by atoms with Crippen LogP contribution in [0.3, 0.4) is 0 Å². The van der Waals surface area contributed by atoms with Gasteiger partial charge in [-0.3, -0.25) is 0 Å². The van der Waals surface area contributed by atoms with Gasteiger partial charge in [0.05, 0.1) is 0 Å². The molecule has 0 spiro atoms. The molecule has 0 aromatic rings. The SMILES string of the molecule is CC(F)(F)C(F)(F)C(F)=C(F)C(F)=C(F)C(=O)O. The zero-order valence-corrected chi connectivity index (χ0v) is 8.38. The lowest BCUT2D eigenvalue weighted by molar-refractivity contribution is -0.184. The third-order valence-corrected chi connectivity index (χ3v) is 1.59. The molecule has 0 bridgehead atoms. The normalized spacial score (nSPS) is 16.1. The summed E-state index contributed by atoms with van der Waals surface area (Å²) in [5, 5.41) is 7.83. The predicted molar refractivity (Wildman–Crippen MR) is 41.7 cm³/mol. The Hall–Kier alpha value is -1.61. The second-order valence-electron chi connectivity index (χ2n) is 3.02. The van der Waals surface area contributed by atoms with Crippen LogP contribution in [-0.4, -0.2) is 22.9 Å². The molecule has 18 heavy (non-hydrogen) atoms. The van der Waals surface area contributed by atoms with Gasteiger partial charge in [0.2, 0.25) is 17.5 Å². The highest BCUT2D eigenvalue weighted by molar-refractivity contribution is 5.85. The molecule has 0 aliphatic carbocycles. The van der Waals surface area contributed by atoms with Gasteiger partial charge in [0.1, 0.15) is 0 Å². The van der Waals surface area contributed by atoms with Gasteiger partial charge in [-0.05, 0) is 0 Å². The van der Waals surface area contributed by atoms with Crippen LogP contribution >= 0.6 is 0 Å². The average molecular weight is 284 g/mol. The van der Waals surface area contributed by atoms with Crippen LogP contribution in [0.15, 0.2) is 23.3 Å². The molecule has 0 rings (SSSR count). The molecule has 0 saturated heterocycles. The smallest absolute Gasteiger partial charge is 0.367 e. The highest BCUT2D eigenvalue weighted by atomic mass is 19.3. The molecule has 0 fully saturated rings. The standard InChI is InChI=1S/C8H4F8O2/c1-7(13,14)8(15,16)5(12)3(10)2(9)4(11)6(17)18/h1H3,(H,17,18). The van der Waals surface area contributed by atoms with E-state index < -0.39 is 48.0 Å². The summed E-state index contributed by atoms with van der Waals surface area (Å²) in [4.78, 5) is 9.79. The van der Waals surface area contributed by atoms with Crippen molar-refractivity contribution in [3.8, 4) is 0 Å². The van der Waals surface area contributed by atoms with E-state index in [1.54, 1.807) is 0 Å². The number of carbonyl (C=O) groups is 1. The summed E-state index contributed by atoms with van der Waals surface area (Å²) in [6.07, 6.45) is 0. The molecule has 0 aromatic heterocycles. The lowest BCUT2D eigenvalue weighted by atomic mass is 10.1. The maximum absolute atomic E-state index is 12.6. The van der Waals surface area contributed by atoms with Crippen LogP contribution in [0.2, 0.25) is 0 Å². The molecule has 0 aliphatic heterocycles. The van der Waals surface area contributed by atoms with Gasteiger partial charge in [-0.15, -0.1) is 0 Å². The summed E-state index contributed by atoms with van der Waals surface area (Å²) in [6.45, 7) is -0.491. The van der Waals surface area contributed by atoms with Crippen molar-refractivity contribution in [2.45, 2.75) is 18.8 Å². The minimum Gasteiger partial charge on any atom is -0.476 e. The number of alkyl halides is 4. The van der Waals surface area contributed by atoms with E-state index in [9.17, 15) is 39.9 Å². The van der Waals surface area contributed by atoms with Gasteiger partial charge in [0.25, 0.3) is 0 Å². The van der Waals surface area contributed by atoms with Crippen molar-refractivity contribution in [2.24, 2.45) is 0 Å². The first-order valence-electron chi connectivity index (χ1n) is 3.94. The second kappa shape index (κ2) is 4.94. The third-order valence-electron chi connectivity index (χ3n) is 1.59. The molecule has 0 aromatic carbocycles. The van der Waals surface area contributed by atoms with Crippen LogP contribution in [0, 0.1) is 0 Å². The first kappa shape index (κ1) is 16.4. The van der Waals surface area contributed by atoms with E-state index in [4.69, 9.17) is 5.11 Å². The fraction of sp³-hybridized carbons (Fsp3) is 0.375. The van der Waals surface area contributed by atoms with Crippen molar-refractivity contribution in [1.29, 1.82) is 0 Å². The van der Waals surface area contributed by atoms with Gasteiger partial charge < -0.3 is 5.11 Å². The van der Waals surface area contributed by atoms with Crippen molar-refractivity contribution in [3.63, 3.8) is 0 Å². The van der Waals surface area contributed by atoms with Gasteiger partial charge in [0, 0.05) is 6.92 Å². The Labute approximate surface area is 94.2 Å². The van der Waals surface area contributed by atoms with Crippen molar-refractivity contribution in [3.05, 3.63) is 23.3 Å². The van der Waals surface area contributed by atoms with Gasteiger partial charge in [0.15, 0.2) is 5.83 Å². The number of hydrogen-bond donors (Lipinski definition) is 1. The zero-order chi connectivity index (χ0) is 14.9. The van der Waals surface area contributed by atoms with E-state index in [1.807, 2.05) is 0 Å². The fourth-order valence-electron chi connectivity index (χ4n) is 0.617.